The number of benzene rings is 1. The molecule has 2 aromatic rings. The third-order valence-electron chi connectivity index (χ3n) is 5.51. The summed E-state index contributed by atoms with van der Waals surface area (Å²) < 4.78 is 8.47. The summed E-state index contributed by atoms with van der Waals surface area (Å²) in [6, 6.07) is 10.4. The zero-order valence-electron chi connectivity index (χ0n) is 15.0. The van der Waals surface area contributed by atoms with E-state index in [1.54, 1.807) is 0 Å². The number of nitrogens with zero attached hydrogens (tertiary/aromatic N) is 3. The molecule has 1 saturated heterocycles. The van der Waals surface area contributed by atoms with Gasteiger partial charge in [0.1, 0.15) is 0 Å². The number of likely N-dealkylation sites (tertiary alicyclic amines) is 1. The Morgan fingerprint density at radius 3 is 2.72 bits per heavy atom. The van der Waals surface area contributed by atoms with Gasteiger partial charge < -0.3 is 4.74 Å². The van der Waals surface area contributed by atoms with Gasteiger partial charge in [-0.25, -0.2) is 4.68 Å². The first-order valence-corrected chi connectivity index (χ1v) is 9.46. The first-order valence-electron chi connectivity index (χ1n) is 9.46. The van der Waals surface area contributed by atoms with E-state index in [1.165, 1.54) is 11.3 Å². The Hall–Kier alpha value is -1.91. The van der Waals surface area contributed by atoms with E-state index in [2.05, 4.69) is 52.9 Å². The van der Waals surface area contributed by atoms with Crippen LogP contribution in [-0.2, 0) is 16.8 Å². The highest BCUT2D eigenvalue weighted by Gasteiger charge is 2.42. The molecule has 0 atom stereocenters. The zero-order chi connectivity index (χ0) is 17.1. The Bertz CT molecular complexity index is 727. The Labute approximate surface area is 150 Å². The van der Waals surface area contributed by atoms with Crippen molar-refractivity contribution in [2.75, 3.05) is 26.2 Å². The van der Waals surface area contributed by atoms with Crippen molar-refractivity contribution in [3.63, 3.8) is 0 Å². The molecule has 2 aliphatic rings. The van der Waals surface area contributed by atoms with Crippen LogP contribution in [0.2, 0.25) is 0 Å². The lowest BCUT2D eigenvalue weighted by Crippen LogP contribution is -2.46. The van der Waals surface area contributed by atoms with Crippen molar-refractivity contribution in [1.82, 2.24) is 14.7 Å². The van der Waals surface area contributed by atoms with Gasteiger partial charge in [0.15, 0.2) is 0 Å². The molecule has 4 rings (SSSR count). The maximum Gasteiger partial charge on any atom is 0.0989 e. The number of rotatable bonds is 4. The highest BCUT2D eigenvalue weighted by atomic mass is 16.5. The average molecular weight is 337 g/mol. The molecular weight excluding hydrogens is 310 g/mol. The summed E-state index contributed by atoms with van der Waals surface area (Å²) in [7, 11) is 0. The van der Waals surface area contributed by atoms with Crippen LogP contribution < -0.4 is 0 Å². The molecule has 132 valence electrons. The molecule has 0 aliphatic carbocycles. The van der Waals surface area contributed by atoms with Crippen molar-refractivity contribution in [3.05, 3.63) is 59.9 Å². The minimum atomic E-state index is -0.133. The first-order chi connectivity index (χ1) is 12.3. The minimum Gasteiger partial charge on any atom is -0.370 e. The molecule has 0 unspecified atom stereocenters. The van der Waals surface area contributed by atoms with Crippen LogP contribution in [0.3, 0.4) is 0 Å². The summed E-state index contributed by atoms with van der Waals surface area (Å²) in [6.07, 6.45) is 10.8. The van der Waals surface area contributed by atoms with E-state index in [4.69, 9.17) is 9.84 Å². The van der Waals surface area contributed by atoms with E-state index >= 15 is 0 Å². The van der Waals surface area contributed by atoms with Gasteiger partial charge in [0, 0.05) is 31.6 Å². The van der Waals surface area contributed by atoms with Crippen LogP contribution in [0.25, 0.3) is 5.69 Å². The second-order valence-corrected chi connectivity index (χ2v) is 7.03. The van der Waals surface area contributed by atoms with Crippen LogP contribution in [0, 0.1) is 0 Å². The number of piperidine rings is 1. The molecule has 0 N–H and O–H groups in total. The molecular formula is C21H27N3O. The molecule has 0 radical (unpaired) electrons. The zero-order valence-corrected chi connectivity index (χ0v) is 15.0. The molecule has 3 heterocycles. The molecule has 1 fully saturated rings. The van der Waals surface area contributed by atoms with Crippen molar-refractivity contribution in [2.24, 2.45) is 0 Å². The fourth-order valence-corrected chi connectivity index (χ4v) is 4.11. The number of fused-ring (bicyclic) bond motifs is 2. The van der Waals surface area contributed by atoms with E-state index in [1.807, 2.05) is 12.3 Å². The van der Waals surface area contributed by atoms with E-state index in [0.29, 0.717) is 0 Å². The van der Waals surface area contributed by atoms with Gasteiger partial charge in [-0.2, -0.15) is 5.10 Å². The third kappa shape index (κ3) is 3.16. The van der Waals surface area contributed by atoms with Gasteiger partial charge in [0.2, 0.25) is 0 Å². The van der Waals surface area contributed by atoms with Crippen molar-refractivity contribution < 1.29 is 4.74 Å². The van der Waals surface area contributed by atoms with Gasteiger partial charge >= 0.3 is 0 Å². The number of allylic oxidation sites excluding steroid dienone is 1. The van der Waals surface area contributed by atoms with Gasteiger partial charge in [-0.3, -0.25) is 4.90 Å². The Balaban J connectivity index is 1.55. The second-order valence-electron chi connectivity index (χ2n) is 7.03. The summed E-state index contributed by atoms with van der Waals surface area (Å²) in [5.74, 6) is 0. The fourth-order valence-electron chi connectivity index (χ4n) is 4.11. The minimum absolute atomic E-state index is 0.133. The quantitative estimate of drug-likeness (QED) is 0.797. The molecule has 0 amide bonds. The molecule has 1 aromatic carbocycles. The Kier molecular flexibility index (Phi) is 4.73. The predicted octanol–water partition coefficient (Wildman–Crippen LogP) is 3.70. The van der Waals surface area contributed by atoms with E-state index < -0.39 is 0 Å². The molecule has 1 aromatic heterocycles. The van der Waals surface area contributed by atoms with Crippen LogP contribution >= 0.6 is 0 Å². The van der Waals surface area contributed by atoms with E-state index in [-0.39, 0.29) is 5.60 Å². The van der Waals surface area contributed by atoms with E-state index in [0.717, 1.165) is 57.6 Å². The lowest BCUT2D eigenvalue weighted by Gasteiger charge is -2.43. The molecule has 4 heteroatoms. The number of para-hydroxylation sites is 1. The van der Waals surface area contributed by atoms with Crippen LogP contribution in [0.1, 0.15) is 37.4 Å². The highest BCUT2D eigenvalue weighted by Crippen LogP contribution is 2.41. The summed E-state index contributed by atoms with van der Waals surface area (Å²) in [5.41, 5.74) is 3.65. The maximum absolute atomic E-state index is 6.36. The molecule has 1 spiro atoms. The molecule has 2 aliphatic heterocycles. The molecule has 0 bridgehead atoms. The van der Waals surface area contributed by atoms with Crippen LogP contribution in [0.15, 0.2) is 48.7 Å². The average Bonchev–Trinajstić information content (AvgIpc) is 3.10. The lowest BCUT2D eigenvalue weighted by molar-refractivity contribution is -0.0971. The Morgan fingerprint density at radius 2 is 1.96 bits per heavy atom. The van der Waals surface area contributed by atoms with Crippen molar-refractivity contribution in [1.29, 1.82) is 0 Å². The maximum atomic E-state index is 6.36. The standard InChI is InChI=1S/C21H27N3O/c1-2-3-7-13-23-14-11-21(12-15-23)19-17-22-24(20(19)10-16-25-21)18-8-5-4-6-9-18/h3-9,17H,2,10-16H2,1H3. The normalized spacial score (nSPS) is 20.2. The Morgan fingerprint density at radius 1 is 1.16 bits per heavy atom. The van der Waals surface area contributed by atoms with Crippen molar-refractivity contribution in [3.8, 4) is 5.69 Å². The largest absolute Gasteiger partial charge is 0.370 e. The van der Waals surface area contributed by atoms with Gasteiger partial charge in [0.05, 0.1) is 29.8 Å². The van der Waals surface area contributed by atoms with Gasteiger partial charge in [-0.1, -0.05) is 37.3 Å². The SMILES string of the molecule is CCC=CCN1CCC2(CC1)OCCc1c2cnn1-c1ccccc1. The van der Waals surface area contributed by atoms with Crippen LogP contribution in [-0.4, -0.2) is 40.9 Å². The summed E-state index contributed by atoms with van der Waals surface area (Å²) in [6.45, 7) is 6.21. The van der Waals surface area contributed by atoms with Crippen LogP contribution in [0.5, 0.6) is 0 Å². The van der Waals surface area contributed by atoms with Crippen molar-refractivity contribution >= 4 is 0 Å². The van der Waals surface area contributed by atoms with Crippen molar-refractivity contribution in [2.45, 2.75) is 38.2 Å². The number of hydrogen-bond acceptors (Lipinski definition) is 3. The summed E-state index contributed by atoms with van der Waals surface area (Å²) >= 11 is 0. The summed E-state index contributed by atoms with van der Waals surface area (Å²) in [4.78, 5) is 2.52. The molecule has 0 saturated carbocycles. The number of aromatic nitrogens is 2. The predicted molar refractivity (Wildman–Crippen MR) is 100 cm³/mol. The van der Waals surface area contributed by atoms with Gasteiger partial charge in [0.25, 0.3) is 0 Å². The number of hydrogen-bond donors (Lipinski definition) is 0. The topological polar surface area (TPSA) is 30.3 Å². The van der Waals surface area contributed by atoms with Crippen LogP contribution in [0.4, 0.5) is 0 Å². The molecule has 4 nitrogen and oxygen atoms in total. The smallest absolute Gasteiger partial charge is 0.0989 e. The van der Waals surface area contributed by atoms with Gasteiger partial charge in [-0.05, 0) is 31.4 Å². The monoisotopic (exact) mass is 337 g/mol. The fraction of sp³-hybridized carbons (Fsp3) is 0.476. The van der Waals surface area contributed by atoms with Gasteiger partial charge in [-0.15, -0.1) is 0 Å². The highest BCUT2D eigenvalue weighted by molar-refractivity contribution is 5.38. The number of ether oxygens (including phenoxy) is 1. The molecule has 25 heavy (non-hydrogen) atoms. The lowest BCUT2D eigenvalue weighted by atomic mass is 9.82. The second kappa shape index (κ2) is 7.14. The summed E-state index contributed by atoms with van der Waals surface area (Å²) in [5, 5.41) is 4.71. The third-order valence-corrected chi connectivity index (χ3v) is 5.51. The van der Waals surface area contributed by atoms with E-state index in [9.17, 15) is 0 Å². The first kappa shape index (κ1) is 16.6.